The lowest BCUT2D eigenvalue weighted by Crippen LogP contribution is -2.41. The first-order valence-electron chi connectivity index (χ1n) is 6.07. The summed E-state index contributed by atoms with van der Waals surface area (Å²) in [5, 5.41) is 16.9. The average Bonchev–Trinajstić information content (AvgIpc) is 2.77. The Balaban J connectivity index is 1.96. The van der Waals surface area contributed by atoms with Crippen molar-refractivity contribution in [1.29, 1.82) is 0 Å². The summed E-state index contributed by atoms with van der Waals surface area (Å²) in [5.41, 5.74) is 0.652. The normalized spacial score (nSPS) is 22.5. The number of nitrogens with zero attached hydrogens (tertiary/aromatic N) is 4. The lowest BCUT2D eigenvalue weighted by atomic mass is 10.0. The fourth-order valence-electron chi connectivity index (χ4n) is 2.40. The Labute approximate surface area is 96.1 Å². The summed E-state index contributed by atoms with van der Waals surface area (Å²) in [6, 6.07) is 0.576. The van der Waals surface area contributed by atoms with Crippen molar-refractivity contribution < 1.29 is 5.11 Å². The van der Waals surface area contributed by atoms with Gasteiger partial charge in [0.15, 0.2) is 0 Å². The largest absolute Gasteiger partial charge is 0.390 e. The zero-order valence-electron chi connectivity index (χ0n) is 9.84. The Kier molecular flexibility index (Phi) is 3.90. The second kappa shape index (κ2) is 5.41. The first-order valence-corrected chi connectivity index (χ1v) is 6.07. The number of likely N-dealkylation sites (N-methyl/N-ethyl adjacent to an activating group) is 1. The van der Waals surface area contributed by atoms with E-state index in [1.54, 1.807) is 0 Å². The minimum Gasteiger partial charge on any atom is -0.390 e. The Bertz CT molecular complexity index is 326. The van der Waals surface area contributed by atoms with Crippen LogP contribution in [0.25, 0.3) is 0 Å². The molecule has 1 aliphatic heterocycles. The van der Waals surface area contributed by atoms with E-state index in [0.717, 1.165) is 13.1 Å². The van der Waals surface area contributed by atoms with Crippen molar-refractivity contribution >= 4 is 0 Å². The van der Waals surface area contributed by atoms with E-state index in [4.69, 9.17) is 5.11 Å². The van der Waals surface area contributed by atoms with Crippen LogP contribution in [0.2, 0.25) is 0 Å². The van der Waals surface area contributed by atoms with Gasteiger partial charge in [0.25, 0.3) is 0 Å². The molecular formula is C11H20N4O. The van der Waals surface area contributed by atoms with Crippen LogP contribution in [0.4, 0.5) is 0 Å². The molecule has 0 spiro atoms. The van der Waals surface area contributed by atoms with E-state index >= 15 is 0 Å². The van der Waals surface area contributed by atoms with E-state index in [2.05, 4.69) is 22.1 Å². The number of aliphatic hydroxyl groups is 1. The lowest BCUT2D eigenvalue weighted by Gasteiger charge is -2.34. The smallest absolute Gasteiger partial charge is 0.108 e. The molecule has 1 aromatic heterocycles. The van der Waals surface area contributed by atoms with Crippen LogP contribution in [0, 0.1) is 0 Å². The zero-order chi connectivity index (χ0) is 11.4. The molecule has 0 amide bonds. The van der Waals surface area contributed by atoms with Crippen LogP contribution in [0.15, 0.2) is 6.20 Å². The number of rotatable bonds is 4. The minimum atomic E-state index is -0.0256. The predicted octanol–water partition coefficient (Wildman–Crippen LogP) is 0.645. The number of aliphatic hydroxyl groups excluding tert-OH is 1. The summed E-state index contributed by atoms with van der Waals surface area (Å²) in [7, 11) is 0. The maximum Gasteiger partial charge on any atom is 0.108 e. The van der Waals surface area contributed by atoms with Crippen molar-refractivity contribution in [2.45, 2.75) is 45.4 Å². The average molecular weight is 224 g/mol. The van der Waals surface area contributed by atoms with E-state index < -0.39 is 0 Å². The Hall–Kier alpha value is -0.940. The molecule has 16 heavy (non-hydrogen) atoms. The maximum absolute atomic E-state index is 8.93. The molecule has 1 unspecified atom stereocenters. The molecule has 1 aliphatic rings. The maximum atomic E-state index is 8.93. The highest BCUT2D eigenvalue weighted by atomic mass is 16.3. The fourth-order valence-corrected chi connectivity index (χ4v) is 2.40. The number of piperidine rings is 1. The van der Waals surface area contributed by atoms with Crippen molar-refractivity contribution in [3.63, 3.8) is 0 Å². The van der Waals surface area contributed by atoms with Gasteiger partial charge in [0, 0.05) is 6.04 Å². The van der Waals surface area contributed by atoms with Gasteiger partial charge in [0.2, 0.25) is 0 Å². The van der Waals surface area contributed by atoms with Gasteiger partial charge in [-0.2, -0.15) is 0 Å². The number of aromatic nitrogens is 3. The Morgan fingerprint density at radius 1 is 1.50 bits per heavy atom. The molecule has 5 heteroatoms. The van der Waals surface area contributed by atoms with Gasteiger partial charge in [0.1, 0.15) is 5.69 Å². The molecule has 0 bridgehead atoms. The zero-order valence-corrected chi connectivity index (χ0v) is 9.84. The molecule has 1 aromatic rings. The molecule has 0 aliphatic carbocycles. The van der Waals surface area contributed by atoms with Gasteiger partial charge in [-0.15, -0.1) is 5.10 Å². The standard InChI is InChI=1S/C11H20N4O/c1-2-14-6-4-3-5-11(14)8-15-7-10(9-16)12-13-15/h7,11,16H,2-6,8-9H2,1H3. The molecule has 5 nitrogen and oxygen atoms in total. The van der Waals surface area contributed by atoms with Crippen LogP contribution in [0.5, 0.6) is 0 Å². The SMILES string of the molecule is CCN1CCCCC1Cn1cc(CO)nn1. The second-order valence-electron chi connectivity index (χ2n) is 4.37. The molecule has 1 N–H and O–H groups in total. The molecule has 90 valence electrons. The van der Waals surface area contributed by atoms with Gasteiger partial charge < -0.3 is 5.11 Å². The number of hydrogen-bond acceptors (Lipinski definition) is 4. The number of hydrogen-bond donors (Lipinski definition) is 1. The summed E-state index contributed by atoms with van der Waals surface area (Å²) < 4.78 is 1.85. The van der Waals surface area contributed by atoms with E-state index in [9.17, 15) is 0 Å². The van der Waals surface area contributed by atoms with Crippen molar-refractivity contribution in [2.24, 2.45) is 0 Å². The Morgan fingerprint density at radius 3 is 3.06 bits per heavy atom. The van der Waals surface area contributed by atoms with Crippen molar-refractivity contribution in [3.05, 3.63) is 11.9 Å². The van der Waals surface area contributed by atoms with E-state index in [1.807, 2.05) is 10.9 Å². The molecule has 0 radical (unpaired) electrons. The second-order valence-corrected chi connectivity index (χ2v) is 4.37. The molecule has 2 heterocycles. The van der Waals surface area contributed by atoms with Crippen LogP contribution in [-0.4, -0.2) is 44.1 Å². The highest BCUT2D eigenvalue weighted by molar-refractivity contribution is 4.90. The lowest BCUT2D eigenvalue weighted by molar-refractivity contribution is 0.136. The van der Waals surface area contributed by atoms with Crippen molar-refractivity contribution in [1.82, 2.24) is 19.9 Å². The monoisotopic (exact) mass is 224 g/mol. The highest BCUT2D eigenvalue weighted by Crippen LogP contribution is 2.17. The fraction of sp³-hybridized carbons (Fsp3) is 0.818. The third kappa shape index (κ3) is 2.59. The summed E-state index contributed by atoms with van der Waals surface area (Å²) in [4.78, 5) is 2.50. The van der Waals surface area contributed by atoms with Crippen LogP contribution in [-0.2, 0) is 13.2 Å². The summed E-state index contributed by atoms with van der Waals surface area (Å²) in [6.45, 7) is 5.37. The first-order chi connectivity index (χ1) is 7.83. The summed E-state index contributed by atoms with van der Waals surface area (Å²) in [5.74, 6) is 0. The highest BCUT2D eigenvalue weighted by Gasteiger charge is 2.21. The predicted molar refractivity (Wildman–Crippen MR) is 60.8 cm³/mol. The third-order valence-corrected chi connectivity index (χ3v) is 3.30. The third-order valence-electron chi connectivity index (χ3n) is 3.30. The van der Waals surface area contributed by atoms with Crippen molar-refractivity contribution in [3.8, 4) is 0 Å². The van der Waals surface area contributed by atoms with Crippen LogP contribution in [0.1, 0.15) is 31.9 Å². The summed E-state index contributed by atoms with van der Waals surface area (Å²) in [6.07, 6.45) is 5.69. The van der Waals surface area contributed by atoms with Gasteiger partial charge in [-0.05, 0) is 25.9 Å². The van der Waals surface area contributed by atoms with Gasteiger partial charge in [0.05, 0.1) is 19.3 Å². The van der Waals surface area contributed by atoms with E-state index in [1.165, 1.54) is 25.8 Å². The van der Waals surface area contributed by atoms with Gasteiger partial charge in [-0.25, -0.2) is 0 Å². The topological polar surface area (TPSA) is 54.2 Å². The molecule has 2 rings (SSSR count). The van der Waals surface area contributed by atoms with Gasteiger partial charge in [-0.1, -0.05) is 18.6 Å². The molecule has 1 fully saturated rings. The molecular weight excluding hydrogens is 204 g/mol. The first kappa shape index (κ1) is 11.5. The van der Waals surface area contributed by atoms with Gasteiger partial charge >= 0.3 is 0 Å². The minimum absolute atomic E-state index is 0.0256. The van der Waals surface area contributed by atoms with Crippen LogP contribution in [0.3, 0.4) is 0 Å². The van der Waals surface area contributed by atoms with Crippen molar-refractivity contribution in [2.75, 3.05) is 13.1 Å². The van der Waals surface area contributed by atoms with Crippen LogP contribution >= 0.6 is 0 Å². The van der Waals surface area contributed by atoms with Crippen LogP contribution < -0.4 is 0 Å². The summed E-state index contributed by atoms with van der Waals surface area (Å²) >= 11 is 0. The Morgan fingerprint density at radius 2 is 2.38 bits per heavy atom. The van der Waals surface area contributed by atoms with Gasteiger partial charge in [-0.3, -0.25) is 9.58 Å². The van der Waals surface area contributed by atoms with E-state index in [0.29, 0.717) is 11.7 Å². The molecule has 1 saturated heterocycles. The number of likely N-dealkylation sites (tertiary alicyclic amines) is 1. The molecule has 0 aromatic carbocycles. The molecule has 1 atom stereocenters. The molecule has 0 saturated carbocycles. The van der Waals surface area contributed by atoms with E-state index in [-0.39, 0.29) is 6.61 Å². The quantitative estimate of drug-likeness (QED) is 0.815.